The first-order chi connectivity index (χ1) is 15.2. The van der Waals surface area contributed by atoms with E-state index < -0.39 is 5.91 Å². The molecule has 156 valence electrons. The number of amides is 1. The summed E-state index contributed by atoms with van der Waals surface area (Å²) in [7, 11) is 0. The van der Waals surface area contributed by atoms with E-state index in [-0.39, 0.29) is 0 Å². The van der Waals surface area contributed by atoms with E-state index in [2.05, 4.69) is 49.8 Å². The van der Waals surface area contributed by atoms with Crippen LogP contribution in [0.1, 0.15) is 10.4 Å². The number of nitrogens with two attached hydrogens (primary N) is 1. The summed E-state index contributed by atoms with van der Waals surface area (Å²) in [5, 5.41) is 6.75. The Morgan fingerprint density at radius 3 is 2.45 bits per heavy atom. The third kappa shape index (κ3) is 3.80. The summed E-state index contributed by atoms with van der Waals surface area (Å²) < 4.78 is 1.98. The minimum atomic E-state index is -0.444. The fourth-order valence-corrected chi connectivity index (χ4v) is 3.84. The van der Waals surface area contributed by atoms with E-state index in [0.717, 1.165) is 48.8 Å². The number of carbonyl (C=O) groups excluding carboxylic acids is 1. The number of piperazine rings is 1. The van der Waals surface area contributed by atoms with Gasteiger partial charge in [-0.2, -0.15) is 0 Å². The van der Waals surface area contributed by atoms with Crippen molar-refractivity contribution in [3.63, 3.8) is 0 Å². The van der Waals surface area contributed by atoms with Gasteiger partial charge >= 0.3 is 0 Å². The van der Waals surface area contributed by atoms with E-state index in [0.29, 0.717) is 11.4 Å². The SMILES string of the molecule is NC(=O)c1ccc(-c2cnc(Nc3ccc(N4CCNCC4)cc3)c3nccn23)cc1. The van der Waals surface area contributed by atoms with Crippen molar-refractivity contribution < 1.29 is 4.79 Å². The van der Waals surface area contributed by atoms with Crippen LogP contribution in [0, 0.1) is 0 Å². The largest absolute Gasteiger partial charge is 0.369 e. The van der Waals surface area contributed by atoms with E-state index in [9.17, 15) is 4.79 Å². The van der Waals surface area contributed by atoms with E-state index in [1.165, 1.54) is 5.69 Å². The van der Waals surface area contributed by atoms with Crippen molar-refractivity contribution in [2.24, 2.45) is 5.73 Å². The summed E-state index contributed by atoms with van der Waals surface area (Å²) in [4.78, 5) is 22.8. The molecule has 0 spiro atoms. The van der Waals surface area contributed by atoms with Gasteiger partial charge < -0.3 is 21.3 Å². The van der Waals surface area contributed by atoms with Crippen LogP contribution < -0.4 is 21.3 Å². The van der Waals surface area contributed by atoms with Crippen molar-refractivity contribution in [1.82, 2.24) is 19.7 Å². The maximum Gasteiger partial charge on any atom is 0.248 e. The van der Waals surface area contributed by atoms with Crippen LogP contribution in [-0.2, 0) is 0 Å². The number of nitrogens with one attached hydrogen (secondary N) is 2. The topological polar surface area (TPSA) is 101 Å². The molecule has 3 heterocycles. The van der Waals surface area contributed by atoms with E-state index in [1.54, 1.807) is 24.5 Å². The molecule has 4 N–H and O–H groups in total. The number of nitrogens with zero attached hydrogens (tertiary/aromatic N) is 4. The second-order valence-electron chi connectivity index (χ2n) is 7.46. The Bertz CT molecular complexity index is 1210. The number of fused-ring (bicyclic) bond motifs is 1. The van der Waals surface area contributed by atoms with Gasteiger partial charge in [0.2, 0.25) is 5.91 Å². The number of anilines is 3. The van der Waals surface area contributed by atoms with Crippen molar-refractivity contribution in [2.45, 2.75) is 0 Å². The van der Waals surface area contributed by atoms with Crippen LogP contribution in [0.2, 0.25) is 0 Å². The summed E-state index contributed by atoms with van der Waals surface area (Å²) >= 11 is 0. The standard InChI is InChI=1S/C23H23N7O/c24-21(31)17-3-1-16(2-4-17)20-15-27-22(23-26-11-14-30(20)23)28-18-5-7-19(8-6-18)29-12-9-25-10-13-29/h1-8,11,14-15,25H,9-10,12-13H2,(H2,24,31)(H,27,28). The van der Waals surface area contributed by atoms with Crippen molar-refractivity contribution in [1.29, 1.82) is 0 Å². The fourth-order valence-electron chi connectivity index (χ4n) is 3.84. The summed E-state index contributed by atoms with van der Waals surface area (Å²) in [6.45, 7) is 4.06. The van der Waals surface area contributed by atoms with E-state index in [4.69, 9.17) is 5.73 Å². The van der Waals surface area contributed by atoms with Crippen molar-refractivity contribution in [2.75, 3.05) is 36.4 Å². The number of imidazole rings is 1. The molecule has 5 rings (SSSR count). The lowest BCUT2D eigenvalue weighted by molar-refractivity contribution is 0.100. The number of rotatable bonds is 5. The van der Waals surface area contributed by atoms with Gasteiger partial charge in [0.15, 0.2) is 11.5 Å². The smallest absolute Gasteiger partial charge is 0.248 e. The zero-order valence-electron chi connectivity index (χ0n) is 17.0. The number of benzene rings is 2. The maximum atomic E-state index is 11.3. The molecule has 1 amide bonds. The Hall–Kier alpha value is -3.91. The minimum Gasteiger partial charge on any atom is -0.369 e. The van der Waals surface area contributed by atoms with Gasteiger partial charge in [0.05, 0.1) is 11.9 Å². The van der Waals surface area contributed by atoms with Crippen LogP contribution >= 0.6 is 0 Å². The second-order valence-corrected chi connectivity index (χ2v) is 7.46. The first-order valence-electron chi connectivity index (χ1n) is 10.2. The molecule has 0 aliphatic carbocycles. The molecule has 31 heavy (non-hydrogen) atoms. The zero-order valence-corrected chi connectivity index (χ0v) is 17.0. The van der Waals surface area contributed by atoms with Gasteiger partial charge in [0.25, 0.3) is 0 Å². The number of primary amides is 1. The molecule has 8 nitrogen and oxygen atoms in total. The fraction of sp³-hybridized carbons (Fsp3) is 0.174. The van der Waals surface area contributed by atoms with Crippen LogP contribution in [0.3, 0.4) is 0 Å². The molecule has 8 heteroatoms. The molecule has 0 unspecified atom stereocenters. The number of hydrogen-bond acceptors (Lipinski definition) is 6. The Balaban J connectivity index is 1.40. The first-order valence-corrected chi connectivity index (χ1v) is 10.2. The molecule has 0 bridgehead atoms. The maximum absolute atomic E-state index is 11.3. The van der Waals surface area contributed by atoms with Gasteiger partial charge in [-0.05, 0) is 36.4 Å². The van der Waals surface area contributed by atoms with Gasteiger partial charge in [-0.3, -0.25) is 9.20 Å². The zero-order chi connectivity index (χ0) is 21.2. The predicted molar refractivity (Wildman–Crippen MR) is 122 cm³/mol. The van der Waals surface area contributed by atoms with Gasteiger partial charge in [-0.1, -0.05) is 12.1 Å². The highest BCUT2D eigenvalue weighted by atomic mass is 16.1. The number of aromatic nitrogens is 3. The van der Waals surface area contributed by atoms with Crippen molar-refractivity contribution in [3.05, 3.63) is 72.7 Å². The molecular weight excluding hydrogens is 390 g/mol. The Labute approximate surface area is 179 Å². The highest BCUT2D eigenvalue weighted by Crippen LogP contribution is 2.26. The van der Waals surface area contributed by atoms with Crippen LogP contribution in [0.15, 0.2) is 67.1 Å². The lowest BCUT2D eigenvalue weighted by Crippen LogP contribution is -2.43. The molecule has 0 radical (unpaired) electrons. The lowest BCUT2D eigenvalue weighted by Gasteiger charge is -2.29. The van der Waals surface area contributed by atoms with Crippen LogP contribution in [0.5, 0.6) is 0 Å². The average Bonchev–Trinajstić information content (AvgIpc) is 3.31. The first kappa shape index (κ1) is 19.1. The quantitative estimate of drug-likeness (QED) is 0.465. The average molecular weight is 413 g/mol. The predicted octanol–water partition coefficient (Wildman–Crippen LogP) is 2.65. The summed E-state index contributed by atoms with van der Waals surface area (Å²) in [6.07, 6.45) is 5.44. The molecule has 0 atom stereocenters. The number of carbonyl (C=O) groups is 1. The molecule has 0 saturated carbocycles. The molecule has 1 aliphatic heterocycles. The molecule has 1 aliphatic rings. The van der Waals surface area contributed by atoms with Gasteiger partial charge in [-0.15, -0.1) is 0 Å². The van der Waals surface area contributed by atoms with Crippen molar-refractivity contribution >= 4 is 28.7 Å². The molecule has 2 aromatic heterocycles. The van der Waals surface area contributed by atoms with Gasteiger partial charge in [-0.25, -0.2) is 9.97 Å². The molecule has 1 saturated heterocycles. The Morgan fingerprint density at radius 2 is 1.74 bits per heavy atom. The monoisotopic (exact) mass is 413 g/mol. The Morgan fingerprint density at radius 1 is 1.00 bits per heavy atom. The van der Waals surface area contributed by atoms with Gasteiger partial charge in [0.1, 0.15) is 0 Å². The van der Waals surface area contributed by atoms with Crippen LogP contribution in [-0.4, -0.2) is 46.5 Å². The van der Waals surface area contributed by atoms with E-state index in [1.807, 2.05) is 22.7 Å². The summed E-state index contributed by atoms with van der Waals surface area (Å²) in [5.74, 6) is 0.234. The lowest BCUT2D eigenvalue weighted by atomic mass is 10.1. The molecular formula is C23H23N7O. The van der Waals surface area contributed by atoms with Gasteiger partial charge in [0, 0.05) is 61.1 Å². The number of hydrogen-bond donors (Lipinski definition) is 3. The summed E-state index contributed by atoms with van der Waals surface area (Å²) in [5.41, 5.74) is 10.5. The third-order valence-electron chi connectivity index (χ3n) is 5.51. The van der Waals surface area contributed by atoms with Crippen molar-refractivity contribution in [3.8, 4) is 11.3 Å². The molecule has 1 fully saturated rings. The minimum absolute atomic E-state index is 0.444. The molecule has 4 aromatic rings. The second kappa shape index (κ2) is 8.08. The van der Waals surface area contributed by atoms with Crippen LogP contribution in [0.25, 0.3) is 16.9 Å². The normalized spacial score (nSPS) is 14.0. The van der Waals surface area contributed by atoms with E-state index >= 15 is 0 Å². The highest BCUT2D eigenvalue weighted by molar-refractivity contribution is 5.93. The molecule has 2 aromatic carbocycles. The summed E-state index contributed by atoms with van der Waals surface area (Å²) in [6, 6.07) is 15.5. The Kier molecular flexibility index (Phi) is 4.97. The highest BCUT2D eigenvalue weighted by Gasteiger charge is 2.13. The van der Waals surface area contributed by atoms with Crippen LogP contribution in [0.4, 0.5) is 17.2 Å². The third-order valence-corrected chi connectivity index (χ3v) is 5.51.